The van der Waals surface area contributed by atoms with Crippen LogP contribution in [0.5, 0.6) is 0 Å². The van der Waals surface area contributed by atoms with E-state index in [-0.39, 0.29) is 0 Å². The molecule has 21 heavy (non-hydrogen) atoms. The van der Waals surface area contributed by atoms with E-state index in [1.54, 1.807) is 25.1 Å². The summed E-state index contributed by atoms with van der Waals surface area (Å²) in [5.74, 6) is -0.956. The second kappa shape index (κ2) is 6.23. The lowest BCUT2D eigenvalue weighted by Crippen LogP contribution is -2.54. The Morgan fingerprint density at radius 2 is 2.24 bits per heavy atom. The molecule has 1 heterocycles. The van der Waals surface area contributed by atoms with Gasteiger partial charge in [0.2, 0.25) is 0 Å². The van der Waals surface area contributed by atoms with Crippen molar-refractivity contribution >= 4 is 45.2 Å². The Hall–Kier alpha value is -1.27. The minimum Gasteiger partial charge on any atom is -0.479 e. The number of benzene rings is 1. The van der Waals surface area contributed by atoms with Gasteiger partial charge in [0.15, 0.2) is 0 Å². The normalized spacial score (nSPS) is 21.4. The number of carboxylic acid groups (broad SMARTS) is 1. The van der Waals surface area contributed by atoms with Crippen LogP contribution < -0.4 is 5.32 Å². The summed E-state index contributed by atoms with van der Waals surface area (Å²) in [6, 6.07) is 4.63. The molecule has 1 aromatic carbocycles. The zero-order chi connectivity index (χ0) is 15.6. The summed E-state index contributed by atoms with van der Waals surface area (Å²) in [6.07, 6.45) is 1.54. The van der Waals surface area contributed by atoms with E-state index in [1.165, 1.54) is 4.90 Å². The number of nitrogens with zero attached hydrogens (tertiary/aromatic N) is 1. The van der Waals surface area contributed by atoms with E-state index >= 15 is 0 Å². The number of aliphatic carboxylic acids is 1. The molecule has 0 spiro atoms. The maximum atomic E-state index is 12.4. The molecule has 0 radical (unpaired) electrons. The topological polar surface area (TPSA) is 69.6 Å². The smallest absolute Gasteiger partial charge is 0.329 e. The number of amides is 2. The predicted octanol–water partition coefficient (Wildman–Crippen LogP) is 3.96. The van der Waals surface area contributed by atoms with Gasteiger partial charge in [-0.3, -0.25) is 0 Å². The highest BCUT2D eigenvalue weighted by Gasteiger charge is 2.48. The van der Waals surface area contributed by atoms with E-state index < -0.39 is 17.5 Å². The summed E-state index contributed by atoms with van der Waals surface area (Å²) in [4.78, 5) is 25.4. The van der Waals surface area contributed by atoms with Crippen molar-refractivity contribution < 1.29 is 14.7 Å². The van der Waals surface area contributed by atoms with Crippen LogP contribution in [0.4, 0.5) is 10.5 Å². The van der Waals surface area contributed by atoms with Gasteiger partial charge in [0.1, 0.15) is 5.54 Å². The van der Waals surface area contributed by atoms with Crippen molar-refractivity contribution in [2.45, 2.75) is 31.7 Å². The van der Waals surface area contributed by atoms with Crippen LogP contribution in [-0.4, -0.2) is 34.1 Å². The quantitative estimate of drug-likeness (QED) is 0.840. The molecule has 1 unspecified atom stereocenters. The molecule has 2 amide bonds. The van der Waals surface area contributed by atoms with E-state index in [9.17, 15) is 14.7 Å². The fourth-order valence-corrected chi connectivity index (χ4v) is 3.21. The van der Waals surface area contributed by atoms with Gasteiger partial charge in [-0.25, -0.2) is 9.59 Å². The standard InChI is InChI=1S/C14H16BrClN2O3/c1-2-14(12(19)20)6-3-7-18(14)13(21)17-11-8-9(16)4-5-10(11)15/h4-5,8H,2-3,6-7H2,1H3,(H,17,21)(H,19,20). The van der Waals surface area contributed by atoms with Gasteiger partial charge in [-0.15, -0.1) is 0 Å². The number of carboxylic acids is 1. The van der Waals surface area contributed by atoms with Crippen LogP contribution in [-0.2, 0) is 4.79 Å². The molecule has 2 N–H and O–H groups in total. The lowest BCUT2D eigenvalue weighted by atomic mass is 9.93. The Morgan fingerprint density at radius 1 is 1.52 bits per heavy atom. The molecule has 0 aromatic heterocycles. The Balaban J connectivity index is 2.23. The zero-order valence-corrected chi connectivity index (χ0v) is 13.9. The lowest BCUT2D eigenvalue weighted by Gasteiger charge is -2.33. The van der Waals surface area contributed by atoms with Gasteiger partial charge in [0, 0.05) is 16.0 Å². The molecular weight excluding hydrogens is 360 g/mol. The minimum absolute atomic E-state index is 0.381. The summed E-state index contributed by atoms with van der Waals surface area (Å²) in [6.45, 7) is 2.22. The van der Waals surface area contributed by atoms with Crippen molar-refractivity contribution in [3.63, 3.8) is 0 Å². The predicted molar refractivity (Wildman–Crippen MR) is 84.8 cm³/mol. The molecule has 7 heteroatoms. The largest absolute Gasteiger partial charge is 0.479 e. The zero-order valence-electron chi connectivity index (χ0n) is 11.5. The van der Waals surface area contributed by atoms with Crippen LogP contribution in [0, 0.1) is 0 Å². The molecule has 1 aromatic rings. The molecule has 5 nitrogen and oxygen atoms in total. The van der Waals surface area contributed by atoms with Gasteiger partial charge >= 0.3 is 12.0 Å². The fraction of sp³-hybridized carbons (Fsp3) is 0.429. The summed E-state index contributed by atoms with van der Waals surface area (Å²) in [7, 11) is 0. The Bertz CT molecular complexity index is 581. The molecule has 1 fully saturated rings. The average molecular weight is 376 g/mol. The van der Waals surface area contributed by atoms with Crippen molar-refractivity contribution in [1.29, 1.82) is 0 Å². The van der Waals surface area contributed by atoms with E-state index in [2.05, 4.69) is 21.2 Å². The summed E-state index contributed by atoms with van der Waals surface area (Å²) < 4.78 is 0.692. The van der Waals surface area contributed by atoms with Crippen LogP contribution in [0.15, 0.2) is 22.7 Å². The maximum Gasteiger partial charge on any atom is 0.329 e. The molecule has 0 aliphatic carbocycles. The molecule has 0 saturated carbocycles. The number of anilines is 1. The Kier molecular flexibility index (Phi) is 4.78. The monoisotopic (exact) mass is 374 g/mol. The van der Waals surface area contributed by atoms with E-state index in [0.29, 0.717) is 41.0 Å². The number of halogens is 2. The van der Waals surface area contributed by atoms with Crippen molar-refractivity contribution in [1.82, 2.24) is 4.90 Å². The van der Waals surface area contributed by atoms with Crippen molar-refractivity contribution in [2.24, 2.45) is 0 Å². The molecule has 1 aliphatic heterocycles. The van der Waals surface area contributed by atoms with E-state index in [0.717, 1.165) is 0 Å². The molecule has 2 rings (SSSR count). The lowest BCUT2D eigenvalue weighted by molar-refractivity contribution is -0.148. The highest BCUT2D eigenvalue weighted by atomic mass is 79.9. The first-order valence-corrected chi connectivity index (χ1v) is 7.85. The van der Waals surface area contributed by atoms with Crippen molar-refractivity contribution in [2.75, 3.05) is 11.9 Å². The number of nitrogens with one attached hydrogen (secondary N) is 1. The first-order valence-electron chi connectivity index (χ1n) is 6.68. The van der Waals surface area contributed by atoms with Crippen LogP contribution in [0.3, 0.4) is 0 Å². The van der Waals surface area contributed by atoms with Crippen LogP contribution >= 0.6 is 27.5 Å². The van der Waals surface area contributed by atoms with Crippen LogP contribution in [0.1, 0.15) is 26.2 Å². The van der Waals surface area contributed by atoms with Gasteiger partial charge in [0.25, 0.3) is 0 Å². The van der Waals surface area contributed by atoms with E-state index in [4.69, 9.17) is 11.6 Å². The maximum absolute atomic E-state index is 12.4. The third kappa shape index (κ3) is 3.01. The SMILES string of the molecule is CCC1(C(=O)O)CCCN1C(=O)Nc1cc(Cl)ccc1Br. The number of likely N-dealkylation sites (tertiary alicyclic amines) is 1. The molecule has 1 atom stereocenters. The van der Waals surface area contributed by atoms with Gasteiger partial charge in [-0.1, -0.05) is 18.5 Å². The molecule has 0 bridgehead atoms. The second-order valence-electron chi connectivity index (χ2n) is 5.00. The summed E-state index contributed by atoms with van der Waals surface area (Å²) in [5.41, 5.74) is -0.593. The number of carbonyl (C=O) groups excluding carboxylic acids is 1. The second-order valence-corrected chi connectivity index (χ2v) is 6.29. The van der Waals surface area contributed by atoms with Crippen molar-refractivity contribution in [3.8, 4) is 0 Å². The van der Waals surface area contributed by atoms with Crippen LogP contribution in [0.2, 0.25) is 5.02 Å². The van der Waals surface area contributed by atoms with Gasteiger partial charge in [-0.05, 0) is 53.4 Å². The molecule has 114 valence electrons. The highest BCUT2D eigenvalue weighted by Crippen LogP contribution is 2.34. The van der Waals surface area contributed by atoms with Crippen molar-refractivity contribution in [3.05, 3.63) is 27.7 Å². The molecule has 1 saturated heterocycles. The third-order valence-electron chi connectivity index (χ3n) is 3.89. The van der Waals surface area contributed by atoms with Gasteiger partial charge in [0.05, 0.1) is 5.69 Å². The fourth-order valence-electron chi connectivity index (χ4n) is 2.69. The van der Waals surface area contributed by atoms with Gasteiger partial charge < -0.3 is 15.3 Å². The summed E-state index contributed by atoms with van der Waals surface area (Å²) >= 11 is 9.25. The number of carbonyl (C=O) groups is 2. The Morgan fingerprint density at radius 3 is 2.86 bits per heavy atom. The van der Waals surface area contributed by atoms with E-state index in [1.807, 2.05) is 0 Å². The minimum atomic E-state index is -1.12. The number of hydrogen-bond donors (Lipinski definition) is 2. The molecule has 1 aliphatic rings. The highest BCUT2D eigenvalue weighted by molar-refractivity contribution is 9.10. The number of urea groups is 1. The first kappa shape index (κ1) is 16.1. The number of hydrogen-bond acceptors (Lipinski definition) is 2. The molecular formula is C14H16BrClN2O3. The average Bonchev–Trinajstić information content (AvgIpc) is 2.88. The number of rotatable bonds is 3. The first-order chi connectivity index (χ1) is 9.90. The Labute approximate surface area is 136 Å². The summed E-state index contributed by atoms with van der Waals surface area (Å²) in [5, 5.41) is 12.7. The van der Waals surface area contributed by atoms with Gasteiger partial charge in [-0.2, -0.15) is 0 Å². The third-order valence-corrected chi connectivity index (χ3v) is 4.81. The van der Waals surface area contributed by atoms with Crippen LogP contribution in [0.25, 0.3) is 0 Å².